The number of hydrogen-bond acceptors (Lipinski definition) is 4. The fourth-order valence-corrected chi connectivity index (χ4v) is 4.34. The minimum atomic E-state index is -0.0957. The van der Waals surface area contributed by atoms with Gasteiger partial charge in [-0.2, -0.15) is 0 Å². The second-order valence-electron chi connectivity index (χ2n) is 7.81. The summed E-state index contributed by atoms with van der Waals surface area (Å²) in [4.78, 5) is 6.62. The molecule has 2 aromatic rings. The van der Waals surface area contributed by atoms with Crippen molar-refractivity contribution in [3.63, 3.8) is 0 Å². The summed E-state index contributed by atoms with van der Waals surface area (Å²) < 4.78 is 0. The van der Waals surface area contributed by atoms with Crippen LogP contribution in [-0.2, 0) is 6.42 Å². The van der Waals surface area contributed by atoms with Gasteiger partial charge in [-0.15, -0.1) is 0 Å². The van der Waals surface area contributed by atoms with Crippen LogP contribution >= 0.6 is 0 Å². The molecule has 1 aromatic carbocycles. The summed E-state index contributed by atoms with van der Waals surface area (Å²) in [5.41, 5.74) is 2.67. The second kappa shape index (κ2) is 8.19. The zero-order chi connectivity index (χ0) is 17.8. The van der Waals surface area contributed by atoms with Crippen LogP contribution in [-0.4, -0.2) is 41.4 Å². The van der Waals surface area contributed by atoms with Crippen molar-refractivity contribution in [1.82, 2.24) is 10.3 Å². The van der Waals surface area contributed by atoms with Crippen LogP contribution in [0, 0.1) is 5.92 Å². The average Bonchev–Trinajstić information content (AvgIpc) is 2.67. The SMILES string of the molecule is OC1CC([C@@H](Cc2ccncc2)NC2CCN(c3ccccc3)CC2)C1. The first-order chi connectivity index (χ1) is 12.8. The summed E-state index contributed by atoms with van der Waals surface area (Å²) in [6, 6.07) is 16.0. The molecule has 4 nitrogen and oxygen atoms in total. The number of aliphatic hydroxyl groups excluding tert-OH is 1. The van der Waals surface area contributed by atoms with Gasteiger partial charge >= 0.3 is 0 Å². The first-order valence-corrected chi connectivity index (χ1v) is 9.91. The van der Waals surface area contributed by atoms with E-state index in [1.807, 2.05) is 12.4 Å². The van der Waals surface area contributed by atoms with E-state index in [0.29, 0.717) is 18.0 Å². The lowest BCUT2D eigenvalue weighted by molar-refractivity contribution is 0.0216. The summed E-state index contributed by atoms with van der Waals surface area (Å²) >= 11 is 0. The fraction of sp³-hybridized carbons (Fsp3) is 0.500. The number of hydrogen-bond donors (Lipinski definition) is 2. The van der Waals surface area contributed by atoms with Gasteiger partial charge in [0.15, 0.2) is 0 Å². The summed E-state index contributed by atoms with van der Waals surface area (Å²) in [5, 5.41) is 13.7. The lowest BCUT2D eigenvalue weighted by atomic mass is 9.75. The number of nitrogens with zero attached hydrogens (tertiary/aromatic N) is 2. The molecule has 0 bridgehead atoms. The van der Waals surface area contributed by atoms with Gasteiger partial charge in [0, 0.05) is 43.3 Å². The molecule has 2 N–H and O–H groups in total. The van der Waals surface area contributed by atoms with Gasteiger partial charge in [0.1, 0.15) is 0 Å². The molecule has 2 fully saturated rings. The molecule has 26 heavy (non-hydrogen) atoms. The molecule has 1 atom stereocenters. The summed E-state index contributed by atoms with van der Waals surface area (Å²) in [6.07, 6.45) is 8.91. The fourth-order valence-electron chi connectivity index (χ4n) is 4.34. The van der Waals surface area contributed by atoms with E-state index in [0.717, 1.165) is 32.4 Å². The van der Waals surface area contributed by atoms with Crippen LogP contribution in [0.3, 0.4) is 0 Å². The van der Waals surface area contributed by atoms with Gasteiger partial charge < -0.3 is 15.3 Å². The standard InChI is InChI=1S/C22H29N3O/c26-21-15-18(16-21)22(14-17-6-10-23-11-7-17)24-19-8-12-25(13-9-19)20-4-2-1-3-5-20/h1-7,10-11,18-19,21-22,24,26H,8-9,12-16H2/t18?,21?,22-/m1/s1. The molecule has 1 aromatic heterocycles. The number of para-hydroxylation sites is 1. The van der Waals surface area contributed by atoms with E-state index in [1.54, 1.807) is 0 Å². The van der Waals surface area contributed by atoms with Gasteiger partial charge in [0.2, 0.25) is 0 Å². The van der Waals surface area contributed by atoms with Gasteiger partial charge in [-0.3, -0.25) is 4.98 Å². The van der Waals surface area contributed by atoms with Crippen molar-refractivity contribution in [1.29, 1.82) is 0 Å². The van der Waals surface area contributed by atoms with Crippen LogP contribution in [0.5, 0.6) is 0 Å². The van der Waals surface area contributed by atoms with Crippen LogP contribution in [0.1, 0.15) is 31.2 Å². The third-order valence-corrected chi connectivity index (χ3v) is 5.99. The molecule has 1 saturated carbocycles. The number of aliphatic hydroxyl groups is 1. The lowest BCUT2D eigenvalue weighted by Gasteiger charge is -2.42. The number of nitrogens with one attached hydrogen (secondary N) is 1. The van der Waals surface area contributed by atoms with Crippen LogP contribution in [0.4, 0.5) is 5.69 Å². The number of pyridine rings is 1. The van der Waals surface area contributed by atoms with Crippen LogP contribution in [0.2, 0.25) is 0 Å². The van der Waals surface area contributed by atoms with Crippen molar-refractivity contribution in [3.8, 4) is 0 Å². The predicted octanol–water partition coefficient (Wildman–Crippen LogP) is 3.02. The highest BCUT2D eigenvalue weighted by Crippen LogP contribution is 2.32. The normalized spacial score (nSPS) is 24.9. The molecule has 1 saturated heterocycles. The Labute approximate surface area is 156 Å². The maximum absolute atomic E-state index is 9.76. The Balaban J connectivity index is 1.34. The first kappa shape index (κ1) is 17.5. The van der Waals surface area contributed by atoms with E-state index < -0.39 is 0 Å². The van der Waals surface area contributed by atoms with Gasteiger partial charge in [0.05, 0.1) is 6.10 Å². The molecule has 1 aliphatic carbocycles. The predicted molar refractivity (Wildman–Crippen MR) is 105 cm³/mol. The topological polar surface area (TPSA) is 48.4 Å². The van der Waals surface area contributed by atoms with E-state index in [2.05, 4.69) is 57.7 Å². The molecular formula is C22H29N3O. The Hall–Kier alpha value is -1.91. The molecule has 1 aliphatic heterocycles. The lowest BCUT2D eigenvalue weighted by Crippen LogP contribution is -2.52. The van der Waals surface area contributed by atoms with Crippen molar-refractivity contribution in [2.45, 2.75) is 50.3 Å². The molecule has 4 heteroatoms. The van der Waals surface area contributed by atoms with Crippen LogP contribution in [0.15, 0.2) is 54.9 Å². The molecule has 2 aliphatic rings. The number of aromatic nitrogens is 1. The quantitative estimate of drug-likeness (QED) is 0.840. The zero-order valence-corrected chi connectivity index (χ0v) is 15.3. The van der Waals surface area contributed by atoms with Gasteiger partial charge in [-0.1, -0.05) is 18.2 Å². The number of anilines is 1. The third kappa shape index (κ3) is 4.25. The van der Waals surface area contributed by atoms with E-state index in [-0.39, 0.29) is 6.10 Å². The molecule has 0 amide bonds. The van der Waals surface area contributed by atoms with E-state index in [1.165, 1.54) is 24.1 Å². The third-order valence-electron chi connectivity index (χ3n) is 5.99. The molecule has 0 unspecified atom stereocenters. The number of rotatable bonds is 6. The van der Waals surface area contributed by atoms with Crippen molar-refractivity contribution >= 4 is 5.69 Å². The Morgan fingerprint density at radius 1 is 1.04 bits per heavy atom. The first-order valence-electron chi connectivity index (χ1n) is 9.91. The summed E-state index contributed by atoms with van der Waals surface area (Å²) in [5.74, 6) is 0.588. The van der Waals surface area contributed by atoms with E-state index >= 15 is 0 Å². The van der Waals surface area contributed by atoms with Crippen LogP contribution in [0.25, 0.3) is 0 Å². The minimum absolute atomic E-state index is 0.0957. The van der Waals surface area contributed by atoms with Gasteiger partial charge in [0.25, 0.3) is 0 Å². The maximum Gasteiger partial charge on any atom is 0.0546 e. The highest BCUT2D eigenvalue weighted by Gasteiger charge is 2.35. The van der Waals surface area contributed by atoms with Gasteiger partial charge in [-0.25, -0.2) is 0 Å². The number of piperidine rings is 1. The molecule has 0 radical (unpaired) electrons. The highest BCUT2D eigenvalue weighted by atomic mass is 16.3. The van der Waals surface area contributed by atoms with E-state index in [9.17, 15) is 5.11 Å². The molecular weight excluding hydrogens is 322 g/mol. The number of benzene rings is 1. The van der Waals surface area contributed by atoms with E-state index in [4.69, 9.17) is 0 Å². The summed E-state index contributed by atoms with van der Waals surface area (Å²) in [6.45, 7) is 2.22. The Bertz CT molecular complexity index is 664. The monoisotopic (exact) mass is 351 g/mol. The smallest absolute Gasteiger partial charge is 0.0546 e. The van der Waals surface area contributed by atoms with Crippen molar-refractivity contribution < 1.29 is 5.11 Å². The van der Waals surface area contributed by atoms with Gasteiger partial charge in [-0.05, 0) is 67.9 Å². The van der Waals surface area contributed by atoms with Crippen LogP contribution < -0.4 is 10.2 Å². The Kier molecular flexibility index (Phi) is 5.51. The van der Waals surface area contributed by atoms with Crippen molar-refractivity contribution in [2.24, 2.45) is 5.92 Å². The molecule has 138 valence electrons. The van der Waals surface area contributed by atoms with Crippen molar-refractivity contribution in [3.05, 3.63) is 60.4 Å². The highest BCUT2D eigenvalue weighted by molar-refractivity contribution is 5.46. The maximum atomic E-state index is 9.76. The largest absolute Gasteiger partial charge is 0.393 e. The minimum Gasteiger partial charge on any atom is -0.393 e. The zero-order valence-electron chi connectivity index (χ0n) is 15.3. The van der Waals surface area contributed by atoms with Crippen molar-refractivity contribution in [2.75, 3.05) is 18.0 Å². The summed E-state index contributed by atoms with van der Waals surface area (Å²) in [7, 11) is 0. The molecule has 0 spiro atoms. The molecule has 4 rings (SSSR count). The Morgan fingerprint density at radius 3 is 2.38 bits per heavy atom. The average molecular weight is 351 g/mol. The second-order valence-corrected chi connectivity index (χ2v) is 7.81. The molecule has 2 heterocycles. The Morgan fingerprint density at radius 2 is 1.73 bits per heavy atom.